The summed E-state index contributed by atoms with van der Waals surface area (Å²) < 4.78 is 6.34. The van der Waals surface area contributed by atoms with Crippen LogP contribution in [0.5, 0.6) is 0 Å². The molecule has 0 bridgehead atoms. The minimum atomic E-state index is -1.02. The van der Waals surface area contributed by atoms with E-state index in [-0.39, 0.29) is 12.2 Å². The largest absolute Gasteiger partial charge is 0.481 e. The Labute approximate surface area is 120 Å². The molecule has 0 atom stereocenters. The summed E-state index contributed by atoms with van der Waals surface area (Å²) in [5.41, 5.74) is 0.989. The Morgan fingerprint density at radius 1 is 1.29 bits per heavy atom. The van der Waals surface area contributed by atoms with Crippen molar-refractivity contribution in [2.45, 2.75) is 19.8 Å². The molecule has 0 aliphatic rings. The normalized spacial score (nSPS) is 10.3. The van der Waals surface area contributed by atoms with Gasteiger partial charge in [-0.05, 0) is 41.1 Å². The molecule has 1 N–H and O–H groups in total. The first-order valence-corrected chi connectivity index (χ1v) is 6.38. The van der Waals surface area contributed by atoms with Crippen LogP contribution >= 0.6 is 0 Å². The van der Waals surface area contributed by atoms with Crippen LogP contribution in [0, 0.1) is 0 Å². The third kappa shape index (κ3) is 3.62. The highest BCUT2D eigenvalue weighted by atomic mass is 16.5. The highest BCUT2D eigenvalue weighted by molar-refractivity contribution is 5.89. The van der Waals surface area contributed by atoms with E-state index in [1.54, 1.807) is 24.3 Å². The third-order valence-electron chi connectivity index (χ3n) is 2.63. The molecule has 0 radical (unpaired) electrons. The summed E-state index contributed by atoms with van der Waals surface area (Å²) in [6.45, 7) is 2.29. The minimum Gasteiger partial charge on any atom is -0.481 e. The van der Waals surface area contributed by atoms with Gasteiger partial charge in [-0.15, -0.1) is 5.10 Å². The number of rotatable bonds is 6. The third-order valence-corrected chi connectivity index (χ3v) is 2.63. The van der Waals surface area contributed by atoms with Crippen LogP contribution < -0.4 is 0 Å². The lowest BCUT2D eigenvalue weighted by atomic mass is 10.2. The number of aliphatic carboxylic acids is 1. The van der Waals surface area contributed by atoms with Crippen LogP contribution in [0.4, 0.5) is 0 Å². The highest BCUT2D eigenvalue weighted by Gasteiger charge is 2.13. The van der Waals surface area contributed by atoms with Gasteiger partial charge in [-0.25, -0.2) is 4.79 Å². The average molecular weight is 290 g/mol. The number of tetrazole rings is 1. The molecule has 0 amide bonds. The van der Waals surface area contributed by atoms with E-state index in [9.17, 15) is 9.59 Å². The van der Waals surface area contributed by atoms with Gasteiger partial charge in [0.05, 0.1) is 17.9 Å². The molecule has 0 saturated carbocycles. The molecule has 0 aliphatic carbocycles. The Kier molecular flexibility index (Phi) is 4.60. The van der Waals surface area contributed by atoms with Gasteiger partial charge in [0.1, 0.15) is 6.42 Å². The number of hydrogen-bond donors (Lipinski definition) is 1. The first kappa shape index (κ1) is 14.6. The molecule has 0 spiro atoms. The van der Waals surface area contributed by atoms with Gasteiger partial charge in [0.25, 0.3) is 0 Å². The zero-order chi connectivity index (χ0) is 15.2. The molecule has 110 valence electrons. The minimum absolute atomic E-state index is 0.212. The number of benzene rings is 1. The second-order valence-electron chi connectivity index (χ2n) is 4.26. The number of carbonyl (C=O) groups is 2. The maximum atomic E-state index is 11.7. The summed E-state index contributed by atoms with van der Waals surface area (Å²) in [5, 5.41) is 19.6. The van der Waals surface area contributed by atoms with Crippen molar-refractivity contribution in [1.82, 2.24) is 20.2 Å². The van der Waals surface area contributed by atoms with Gasteiger partial charge in [0.2, 0.25) is 0 Å². The summed E-state index contributed by atoms with van der Waals surface area (Å²) >= 11 is 0. The average Bonchev–Trinajstić information content (AvgIpc) is 2.92. The Morgan fingerprint density at radius 2 is 2.00 bits per heavy atom. The lowest BCUT2D eigenvalue weighted by Crippen LogP contribution is -2.10. The van der Waals surface area contributed by atoms with Crippen LogP contribution in [0.15, 0.2) is 24.3 Å². The predicted octanol–water partition coefficient (Wildman–Crippen LogP) is 0.856. The molecule has 8 nitrogen and oxygen atoms in total. The van der Waals surface area contributed by atoms with Crippen molar-refractivity contribution in [3.05, 3.63) is 35.7 Å². The molecule has 2 aromatic rings. The van der Waals surface area contributed by atoms with Crippen LogP contribution in [-0.2, 0) is 16.0 Å². The van der Waals surface area contributed by atoms with Crippen LogP contribution in [0.3, 0.4) is 0 Å². The second-order valence-corrected chi connectivity index (χ2v) is 4.26. The number of ether oxygens (including phenoxy) is 1. The number of hydrogen-bond acceptors (Lipinski definition) is 6. The number of esters is 1. The van der Waals surface area contributed by atoms with E-state index in [4.69, 9.17) is 9.84 Å². The van der Waals surface area contributed by atoms with E-state index < -0.39 is 11.9 Å². The van der Waals surface area contributed by atoms with Crippen LogP contribution in [0.2, 0.25) is 0 Å². The van der Waals surface area contributed by atoms with E-state index in [0.29, 0.717) is 17.9 Å². The van der Waals surface area contributed by atoms with E-state index >= 15 is 0 Å². The highest BCUT2D eigenvalue weighted by Crippen LogP contribution is 2.11. The monoisotopic (exact) mass is 290 g/mol. The molecule has 1 aromatic heterocycles. The van der Waals surface area contributed by atoms with E-state index in [2.05, 4.69) is 15.5 Å². The fourth-order valence-corrected chi connectivity index (χ4v) is 1.67. The van der Waals surface area contributed by atoms with Crippen molar-refractivity contribution < 1.29 is 19.4 Å². The number of nitrogens with zero attached hydrogens (tertiary/aromatic N) is 4. The summed E-state index contributed by atoms with van der Waals surface area (Å²) in [6.07, 6.45) is 0.473. The van der Waals surface area contributed by atoms with Crippen molar-refractivity contribution in [1.29, 1.82) is 0 Å². The van der Waals surface area contributed by atoms with Gasteiger partial charge >= 0.3 is 11.9 Å². The van der Waals surface area contributed by atoms with Crippen molar-refractivity contribution in [3.63, 3.8) is 0 Å². The molecule has 0 fully saturated rings. The lowest BCUT2D eigenvalue weighted by Gasteiger charge is -2.05. The van der Waals surface area contributed by atoms with Crippen molar-refractivity contribution >= 4 is 11.9 Å². The van der Waals surface area contributed by atoms with Gasteiger partial charge in [-0.1, -0.05) is 6.92 Å². The topological polar surface area (TPSA) is 107 Å². The van der Waals surface area contributed by atoms with Gasteiger partial charge < -0.3 is 9.84 Å². The Balaban J connectivity index is 2.17. The maximum Gasteiger partial charge on any atom is 0.338 e. The zero-order valence-corrected chi connectivity index (χ0v) is 11.4. The summed E-state index contributed by atoms with van der Waals surface area (Å²) in [4.78, 5) is 22.4. The summed E-state index contributed by atoms with van der Waals surface area (Å²) in [7, 11) is 0. The molecular formula is C13H14N4O4. The lowest BCUT2D eigenvalue weighted by molar-refractivity contribution is -0.136. The SMILES string of the molecule is CCCOC(=O)c1ccc(-n2nnnc2CC(=O)O)cc1. The smallest absolute Gasteiger partial charge is 0.338 e. The molecule has 1 aromatic carbocycles. The van der Waals surface area contributed by atoms with Crippen molar-refractivity contribution in [2.75, 3.05) is 6.61 Å². The Morgan fingerprint density at radius 3 is 2.62 bits per heavy atom. The number of aromatic nitrogens is 4. The van der Waals surface area contributed by atoms with Gasteiger partial charge in [0.15, 0.2) is 5.82 Å². The first-order valence-electron chi connectivity index (χ1n) is 6.38. The quantitative estimate of drug-likeness (QED) is 0.786. The number of carboxylic acids is 1. The summed E-state index contributed by atoms with van der Waals surface area (Å²) in [6, 6.07) is 6.42. The molecular weight excluding hydrogens is 276 g/mol. The zero-order valence-electron chi connectivity index (χ0n) is 11.4. The molecule has 1 heterocycles. The molecule has 21 heavy (non-hydrogen) atoms. The van der Waals surface area contributed by atoms with Crippen LogP contribution in [0.25, 0.3) is 5.69 Å². The fraction of sp³-hybridized carbons (Fsp3) is 0.308. The second kappa shape index (κ2) is 6.60. The van der Waals surface area contributed by atoms with Gasteiger partial charge in [-0.3, -0.25) is 4.79 Å². The van der Waals surface area contributed by atoms with E-state index in [1.807, 2.05) is 6.92 Å². The molecule has 0 aliphatic heterocycles. The van der Waals surface area contributed by atoms with Gasteiger partial charge in [0, 0.05) is 0 Å². The van der Waals surface area contributed by atoms with E-state index in [0.717, 1.165) is 6.42 Å². The number of carboxylic acid groups (broad SMARTS) is 1. The van der Waals surface area contributed by atoms with Crippen LogP contribution in [0.1, 0.15) is 29.5 Å². The Hall–Kier alpha value is -2.77. The molecule has 8 heteroatoms. The van der Waals surface area contributed by atoms with Crippen molar-refractivity contribution in [2.24, 2.45) is 0 Å². The van der Waals surface area contributed by atoms with E-state index in [1.165, 1.54) is 4.68 Å². The van der Waals surface area contributed by atoms with Crippen molar-refractivity contribution in [3.8, 4) is 5.69 Å². The number of carbonyl (C=O) groups excluding carboxylic acids is 1. The molecule has 2 rings (SSSR count). The summed E-state index contributed by atoms with van der Waals surface area (Å²) in [5.74, 6) is -1.21. The molecule has 0 saturated heterocycles. The standard InChI is InChI=1S/C13H14N4O4/c1-2-7-21-13(20)9-3-5-10(6-4-9)17-11(8-12(18)19)14-15-16-17/h3-6H,2,7-8H2,1H3,(H,18,19). The molecule has 0 unspecified atom stereocenters. The fourth-order valence-electron chi connectivity index (χ4n) is 1.67. The predicted molar refractivity (Wildman–Crippen MR) is 71.1 cm³/mol. The van der Waals surface area contributed by atoms with Gasteiger partial charge in [-0.2, -0.15) is 4.68 Å². The van der Waals surface area contributed by atoms with Crippen LogP contribution in [-0.4, -0.2) is 43.9 Å². The Bertz CT molecular complexity index is 636. The first-order chi connectivity index (χ1) is 10.1. The maximum absolute atomic E-state index is 11.7.